The first-order chi connectivity index (χ1) is 9.33. The molecule has 19 heavy (non-hydrogen) atoms. The Labute approximate surface area is 119 Å². The summed E-state index contributed by atoms with van der Waals surface area (Å²) >= 11 is 0. The minimum Gasteiger partial charge on any atom is -0.330 e. The lowest BCUT2D eigenvalue weighted by atomic mass is 9.56. The molecule has 4 N–H and O–H groups in total. The van der Waals surface area contributed by atoms with Gasteiger partial charge in [-0.3, -0.25) is 0 Å². The fourth-order valence-corrected chi connectivity index (χ4v) is 5.17. The summed E-state index contributed by atoms with van der Waals surface area (Å²) in [5.41, 5.74) is 12.5. The third-order valence-electron chi connectivity index (χ3n) is 6.06. The molecule has 112 valence electrons. The Bertz CT molecular complexity index is 214. The van der Waals surface area contributed by atoms with Crippen LogP contribution in [0.1, 0.15) is 77.0 Å². The SMILES string of the molecule is NCCC(CCN)(C1CCCCC1)C1CCCCC1. The van der Waals surface area contributed by atoms with Crippen LogP contribution >= 0.6 is 0 Å². The molecule has 0 unspecified atom stereocenters. The largest absolute Gasteiger partial charge is 0.330 e. The molecule has 2 aliphatic carbocycles. The van der Waals surface area contributed by atoms with E-state index in [0.717, 1.165) is 24.9 Å². The Hall–Kier alpha value is -0.0800. The normalized spacial score (nSPS) is 23.7. The van der Waals surface area contributed by atoms with Gasteiger partial charge in [0.05, 0.1) is 0 Å². The maximum absolute atomic E-state index is 6.02. The van der Waals surface area contributed by atoms with Crippen LogP contribution in [-0.2, 0) is 0 Å². The Morgan fingerprint density at radius 1 is 0.632 bits per heavy atom. The summed E-state index contributed by atoms with van der Waals surface area (Å²) in [4.78, 5) is 0. The monoisotopic (exact) mass is 266 g/mol. The molecule has 2 rings (SSSR count). The highest BCUT2D eigenvalue weighted by molar-refractivity contribution is 4.94. The zero-order valence-electron chi connectivity index (χ0n) is 12.7. The summed E-state index contributed by atoms with van der Waals surface area (Å²) in [6, 6.07) is 0. The van der Waals surface area contributed by atoms with E-state index >= 15 is 0 Å². The molecule has 0 saturated heterocycles. The number of hydrogen-bond donors (Lipinski definition) is 2. The van der Waals surface area contributed by atoms with E-state index < -0.39 is 0 Å². The second kappa shape index (κ2) is 7.64. The van der Waals surface area contributed by atoms with Crippen molar-refractivity contribution in [2.24, 2.45) is 28.7 Å². The van der Waals surface area contributed by atoms with Crippen LogP contribution in [0.3, 0.4) is 0 Å². The molecular weight excluding hydrogens is 232 g/mol. The summed E-state index contributed by atoms with van der Waals surface area (Å²) in [6.45, 7) is 1.71. The van der Waals surface area contributed by atoms with Crippen molar-refractivity contribution in [3.05, 3.63) is 0 Å². The van der Waals surface area contributed by atoms with E-state index in [4.69, 9.17) is 11.5 Å². The Morgan fingerprint density at radius 2 is 1.00 bits per heavy atom. The second-order valence-corrected chi connectivity index (χ2v) is 6.98. The summed E-state index contributed by atoms with van der Waals surface area (Å²) in [6.07, 6.45) is 16.9. The van der Waals surface area contributed by atoms with Gasteiger partial charge in [0, 0.05) is 0 Å². The first kappa shape index (κ1) is 15.3. The zero-order chi connectivity index (χ0) is 13.6. The zero-order valence-corrected chi connectivity index (χ0v) is 12.7. The summed E-state index contributed by atoms with van der Waals surface area (Å²) in [5.74, 6) is 1.83. The minimum atomic E-state index is 0.490. The van der Waals surface area contributed by atoms with Gasteiger partial charge in [0.2, 0.25) is 0 Å². The van der Waals surface area contributed by atoms with E-state index in [0.29, 0.717) is 5.41 Å². The van der Waals surface area contributed by atoms with E-state index in [9.17, 15) is 0 Å². The first-order valence-corrected chi connectivity index (χ1v) is 8.73. The van der Waals surface area contributed by atoms with Crippen molar-refractivity contribution in [3.63, 3.8) is 0 Å². The standard InChI is InChI=1S/C17H34N2/c18-13-11-17(12-14-19,15-7-3-1-4-8-15)16-9-5-2-6-10-16/h15-16H,1-14,18-19H2. The van der Waals surface area contributed by atoms with Crippen molar-refractivity contribution >= 4 is 0 Å². The second-order valence-electron chi connectivity index (χ2n) is 6.98. The van der Waals surface area contributed by atoms with Crippen LogP contribution in [0.25, 0.3) is 0 Å². The first-order valence-electron chi connectivity index (χ1n) is 8.73. The molecule has 0 bridgehead atoms. The number of nitrogens with two attached hydrogens (primary N) is 2. The van der Waals surface area contributed by atoms with Gasteiger partial charge in [-0.25, -0.2) is 0 Å². The molecule has 0 aromatic carbocycles. The Kier molecular flexibility index (Phi) is 6.15. The van der Waals surface area contributed by atoms with Crippen molar-refractivity contribution < 1.29 is 0 Å². The van der Waals surface area contributed by atoms with Crippen LogP contribution in [0.4, 0.5) is 0 Å². The average molecular weight is 266 g/mol. The van der Waals surface area contributed by atoms with Gasteiger partial charge in [-0.1, -0.05) is 38.5 Å². The van der Waals surface area contributed by atoms with Crippen LogP contribution in [0, 0.1) is 17.3 Å². The molecule has 0 radical (unpaired) electrons. The minimum absolute atomic E-state index is 0.490. The lowest BCUT2D eigenvalue weighted by Crippen LogP contribution is -2.43. The predicted octanol–water partition coefficient (Wildman–Crippen LogP) is 3.83. The highest BCUT2D eigenvalue weighted by Gasteiger charge is 2.43. The van der Waals surface area contributed by atoms with Gasteiger partial charge in [0.1, 0.15) is 0 Å². The van der Waals surface area contributed by atoms with Gasteiger partial charge in [-0.05, 0) is 68.9 Å². The molecular formula is C17H34N2. The van der Waals surface area contributed by atoms with E-state index in [-0.39, 0.29) is 0 Å². The highest BCUT2D eigenvalue weighted by atomic mass is 14.6. The van der Waals surface area contributed by atoms with Crippen LogP contribution in [0.2, 0.25) is 0 Å². The molecule has 0 aromatic heterocycles. The fraction of sp³-hybridized carbons (Fsp3) is 1.00. The van der Waals surface area contributed by atoms with Gasteiger partial charge in [0.25, 0.3) is 0 Å². The lowest BCUT2D eigenvalue weighted by molar-refractivity contribution is 0.00937. The van der Waals surface area contributed by atoms with Gasteiger partial charge < -0.3 is 11.5 Å². The van der Waals surface area contributed by atoms with Crippen LogP contribution < -0.4 is 11.5 Å². The predicted molar refractivity (Wildman–Crippen MR) is 82.9 cm³/mol. The van der Waals surface area contributed by atoms with Crippen molar-refractivity contribution in [1.82, 2.24) is 0 Å². The van der Waals surface area contributed by atoms with Crippen LogP contribution in [0.15, 0.2) is 0 Å². The molecule has 0 heterocycles. The highest BCUT2D eigenvalue weighted by Crippen LogP contribution is 2.52. The number of hydrogen-bond acceptors (Lipinski definition) is 2. The maximum Gasteiger partial charge on any atom is -0.00718 e. The maximum atomic E-state index is 6.02. The van der Waals surface area contributed by atoms with Crippen molar-refractivity contribution in [2.45, 2.75) is 77.0 Å². The van der Waals surface area contributed by atoms with E-state index in [1.54, 1.807) is 0 Å². The van der Waals surface area contributed by atoms with Gasteiger partial charge in [0.15, 0.2) is 0 Å². The Balaban J connectivity index is 2.16. The van der Waals surface area contributed by atoms with E-state index in [1.165, 1.54) is 77.0 Å². The van der Waals surface area contributed by atoms with Crippen LogP contribution in [0.5, 0.6) is 0 Å². The molecule has 0 atom stereocenters. The molecule has 0 amide bonds. The topological polar surface area (TPSA) is 52.0 Å². The summed E-state index contributed by atoms with van der Waals surface area (Å²) in [7, 11) is 0. The molecule has 2 aliphatic rings. The third kappa shape index (κ3) is 3.52. The van der Waals surface area contributed by atoms with Crippen molar-refractivity contribution in [3.8, 4) is 0 Å². The molecule has 0 aliphatic heterocycles. The molecule has 2 saturated carbocycles. The lowest BCUT2D eigenvalue weighted by Gasteiger charge is -2.50. The quantitative estimate of drug-likeness (QED) is 0.767. The molecule has 2 fully saturated rings. The average Bonchev–Trinajstić information content (AvgIpc) is 2.49. The van der Waals surface area contributed by atoms with Gasteiger partial charge in [-0.2, -0.15) is 0 Å². The van der Waals surface area contributed by atoms with Gasteiger partial charge in [-0.15, -0.1) is 0 Å². The molecule has 0 spiro atoms. The third-order valence-corrected chi connectivity index (χ3v) is 6.06. The van der Waals surface area contributed by atoms with Crippen molar-refractivity contribution in [1.29, 1.82) is 0 Å². The molecule has 0 aromatic rings. The van der Waals surface area contributed by atoms with E-state index in [1.807, 2.05) is 0 Å². The van der Waals surface area contributed by atoms with Gasteiger partial charge >= 0.3 is 0 Å². The van der Waals surface area contributed by atoms with Crippen LogP contribution in [-0.4, -0.2) is 13.1 Å². The fourth-order valence-electron chi connectivity index (χ4n) is 5.17. The Morgan fingerprint density at radius 3 is 1.32 bits per heavy atom. The summed E-state index contributed by atoms with van der Waals surface area (Å²) in [5, 5.41) is 0. The smallest absolute Gasteiger partial charge is 0.00718 e. The molecule has 2 nitrogen and oxygen atoms in total. The number of rotatable bonds is 6. The summed E-state index contributed by atoms with van der Waals surface area (Å²) < 4.78 is 0. The van der Waals surface area contributed by atoms with E-state index in [2.05, 4.69) is 0 Å². The van der Waals surface area contributed by atoms with Crippen molar-refractivity contribution in [2.75, 3.05) is 13.1 Å². The molecule has 2 heteroatoms.